The Morgan fingerprint density at radius 2 is 1.63 bits per heavy atom. The lowest BCUT2D eigenvalue weighted by Gasteiger charge is -2.36. The van der Waals surface area contributed by atoms with E-state index in [0.29, 0.717) is 12.5 Å². The van der Waals surface area contributed by atoms with E-state index in [0.717, 1.165) is 51.9 Å². The SMILES string of the molecule is CC(=O)OC(CN1CCN(c2ncccn2)CC1)CN1C(=O)C2CCCCC2C1=O. The second-order valence-corrected chi connectivity index (χ2v) is 8.35. The van der Waals surface area contributed by atoms with Gasteiger partial charge in [0, 0.05) is 52.0 Å². The fraction of sp³-hybridized carbons (Fsp3) is 0.667. The first-order chi connectivity index (χ1) is 14.5. The quantitative estimate of drug-likeness (QED) is 0.495. The highest BCUT2D eigenvalue weighted by Crippen LogP contribution is 2.38. The molecular formula is C21H29N5O4. The van der Waals surface area contributed by atoms with Crippen LogP contribution in [0.25, 0.3) is 0 Å². The lowest BCUT2D eigenvalue weighted by atomic mass is 9.81. The molecule has 4 rings (SSSR count). The minimum absolute atomic E-state index is 0.0899. The van der Waals surface area contributed by atoms with Gasteiger partial charge in [0.05, 0.1) is 18.4 Å². The topological polar surface area (TPSA) is 95.9 Å². The molecule has 3 atom stereocenters. The summed E-state index contributed by atoms with van der Waals surface area (Å²) in [5, 5.41) is 0. The summed E-state index contributed by atoms with van der Waals surface area (Å²) in [5.41, 5.74) is 0. The molecule has 9 nitrogen and oxygen atoms in total. The van der Waals surface area contributed by atoms with Gasteiger partial charge < -0.3 is 9.64 Å². The van der Waals surface area contributed by atoms with Gasteiger partial charge >= 0.3 is 5.97 Å². The molecule has 3 aliphatic rings. The number of carbonyl (C=O) groups excluding carboxylic acids is 3. The van der Waals surface area contributed by atoms with E-state index in [1.54, 1.807) is 18.5 Å². The molecule has 1 aromatic rings. The maximum Gasteiger partial charge on any atom is 0.303 e. The molecule has 162 valence electrons. The zero-order valence-electron chi connectivity index (χ0n) is 17.4. The van der Waals surface area contributed by atoms with Gasteiger partial charge in [-0.15, -0.1) is 0 Å². The number of ether oxygens (including phenoxy) is 1. The Balaban J connectivity index is 1.36. The Bertz CT molecular complexity index is 757. The highest BCUT2D eigenvalue weighted by Gasteiger charge is 2.48. The van der Waals surface area contributed by atoms with Gasteiger partial charge in [-0.05, 0) is 18.9 Å². The summed E-state index contributed by atoms with van der Waals surface area (Å²) < 4.78 is 5.51. The van der Waals surface area contributed by atoms with Crippen LogP contribution in [0.2, 0.25) is 0 Å². The summed E-state index contributed by atoms with van der Waals surface area (Å²) in [6.07, 6.45) is 6.50. The first-order valence-corrected chi connectivity index (χ1v) is 10.8. The fourth-order valence-corrected chi connectivity index (χ4v) is 4.85. The van der Waals surface area contributed by atoms with Gasteiger partial charge in [-0.2, -0.15) is 0 Å². The fourth-order valence-electron chi connectivity index (χ4n) is 4.85. The molecule has 0 bridgehead atoms. The van der Waals surface area contributed by atoms with Gasteiger partial charge in [-0.3, -0.25) is 24.2 Å². The van der Waals surface area contributed by atoms with Crippen LogP contribution in [-0.4, -0.2) is 82.9 Å². The van der Waals surface area contributed by atoms with E-state index < -0.39 is 12.1 Å². The van der Waals surface area contributed by atoms with Crippen LogP contribution in [-0.2, 0) is 19.1 Å². The van der Waals surface area contributed by atoms with E-state index in [2.05, 4.69) is 19.8 Å². The Morgan fingerprint density at radius 3 is 2.20 bits per heavy atom. The number of aromatic nitrogens is 2. The van der Waals surface area contributed by atoms with Crippen LogP contribution in [0.15, 0.2) is 18.5 Å². The molecule has 0 aromatic carbocycles. The van der Waals surface area contributed by atoms with Crippen molar-refractivity contribution >= 4 is 23.7 Å². The van der Waals surface area contributed by atoms with Gasteiger partial charge in [0.1, 0.15) is 6.10 Å². The zero-order chi connectivity index (χ0) is 21.1. The number of piperazine rings is 1. The third kappa shape index (κ3) is 4.45. The lowest BCUT2D eigenvalue weighted by Crippen LogP contribution is -2.51. The molecule has 3 heterocycles. The van der Waals surface area contributed by atoms with Crippen molar-refractivity contribution < 1.29 is 19.1 Å². The number of carbonyl (C=O) groups is 3. The number of rotatable bonds is 6. The normalized spacial score (nSPS) is 25.9. The molecular weight excluding hydrogens is 386 g/mol. The average molecular weight is 415 g/mol. The summed E-state index contributed by atoms with van der Waals surface area (Å²) in [7, 11) is 0. The van der Waals surface area contributed by atoms with Crippen molar-refractivity contribution in [3.8, 4) is 0 Å². The molecule has 9 heteroatoms. The third-order valence-corrected chi connectivity index (χ3v) is 6.32. The van der Waals surface area contributed by atoms with E-state index in [9.17, 15) is 14.4 Å². The van der Waals surface area contributed by atoms with Crippen molar-refractivity contribution in [1.82, 2.24) is 19.8 Å². The van der Waals surface area contributed by atoms with Crippen molar-refractivity contribution in [2.45, 2.75) is 38.7 Å². The average Bonchev–Trinajstić information content (AvgIpc) is 2.99. The van der Waals surface area contributed by atoms with E-state index in [4.69, 9.17) is 4.74 Å². The summed E-state index contributed by atoms with van der Waals surface area (Å²) in [6.45, 7) is 5.07. The smallest absolute Gasteiger partial charge is 0.303 e. The number of nitrogens with zero attached hydrogens (tertiary/aromatic N) is 5. The van der Waals surface area contributed by atoms with E-state index in [1.165, 1.54) is 11.8 Å². The minimum Gasteiger partial charge on any atom is -0.459 e. The predicted octanol–water partition coefficient (Wildman–Crippen LogP) is 0.706. The lowest BCUT2D eigenvalue weighted by molar-refractivity contribution is -0.153. The van der Waals surface area contributed by atoms with Crippen molar-refractivity contribution in [1.29, 1.82) is 0 Å². The third-order valence-electron chi connectivity index (χ3n) is 6.32. The van der Waals surface area contributed by atoms with E-state index >= 15 is 0 Å². The molecule has 0 radical (unpaired) electrons. The molecule has 1 aromatic heterocycles. The monoisotopic (exact) mass is 415 g/mol. The van der Waals surface area contributed by atoms with Gasteiger partial charge in [-0.1, -0.05) is 12.8 Å². The summed E-state index contributed by atoms with van der Waals surface area (Å²) in [6, 6.07) is 1.79. The van der Waals surface area contributed by atoms with Crippen LogP contribution in [0.3, 0.4) is 0 Å². The molecule has 2 aliphatic heterocycles. The van der Waals surface area contributed by atoms with Crippen LogP contribution < -0.4 is 4.90 Å². The number of anilines is 1. The molecule has 0 spiro atoms. The molecule has 0 N–H and O–H groups in total. The summed E-state index contributed by atoms with van der Waals surface area (Å²) >= 11 is 0. The molecule has 1 aliphatic carbocycles. The van der Waals surface area contributed by atoms with Crippen LogP contribution in [0.1, 0.15) is 32.6 Å². The van der Waals surface area contributed by atoms with Crippen molar-refractivity contribution in [3.05, 3.63) is 18.5 Å². The first-order valence-electron chi connectivity index (χ1n) is 10.8. The number of hydrogen-bond donors (Lipinski definition) is 0. The minimum atomic E-state index is -0.518. The maximum absolute atomic E-state index is 12.8. The number of esters is 1. The Kier molecular flexibility index (Phi) is 6.26. The van der Waals surface area contributed by atoms with Crippen molar-refractivity contribution in [3.63, 3.8) is 0 Å². The number of fused-ring (bicyclic) bond motifs is 1. The molecule has 3 unspecified atom stereocenters. The Labute approximate surface area is 176 Å². The zero-order valence-corrected chi connectivity index (χ0v) is 17.4. The van der Waals surface area contributed by atoms with Gasteiger partial charge in [-0.25, -0.2) is 9.97 Å². The predicted molar refractivity (Wildman–Crippen MR) is 108 cm³/mol. The maximum atomic E-state index is 12.8. The first kappa shape index (κ1) is 20.7. The highest BCUT2D eigenvalue weighted by atomic mass is 16.5. The van der Waals surface area contributed by atoms with Crippen LogP contribution in [0.4, 0.5) is 5.95 Å². The second-order valence-electron chi connectivity index (χ2n) is 8.35. The van der Waals surface area contributed by atoms with Crippen LogP contribution >= 0.6 is 0 Å². The van der Waals surface area contributed by atoms with E-state index in [1.807, 2.05) is 0 Å². The number of amides is 2. The van der Waals surface area contributed by atoms with Crippen LogP contribution in [0.5, 0.6) is 0 Å². The highest BCUT2D eigenvalue weighted by molar-refractivity contribution is 6.05. The molecule has 2 saturated heterocycles. The molecule has 2 amide bonds. The summed E-state index contributed by atoms with van der Waals surface area (Å²) in [4.78, 5) is 51.5. The number of imide groups is 1. The molecule has 3 fully saturated rings. The van der Waals surface area contributed by atoms with Gasteiger partial charge in [0.25, 0.3) is 0 Å². The van der Waals surface area contributed by atoms with Crippen LogP contribution in [0, 0.1) is 11.8 Å². The number of hydrogen-bond acceptors (Lipinski definition) is 8. The Hall–Kier alpha value is -2.55. The standard InChI is InChI=1S/C21H29N5O4/c1-15(27)30-16(14-26-19(28)17-5-2-3-6-18(17)20(26)29)13-24-9-11-25(12-10-24)21-22-7-4-8-23-21/h4,7-8,16-18H,2-3,5-6,9-14H2,1H3. The number of likely N-dealkylation sites (tertiary alicyclic amines) is 1. The Morgan fingerprint density at radius 1 is 1.03 bits per heavy atom. The van der Waals surface area contributed by atoms with Crippen molar-refractivity contribution in [2.24, 2.45) is 11.8 Å². The molecule has 1 saturated carbocycles. The van der Waals surface area contributed by atoms with Crippen molar-refractivity contribution in [2.75, 3.05) is 44.2 Å². The largest absolute Gasteiger partial charge is 0.459 e. The van der Waals surface area contributed by atoms with E-state index in [-0.39, 0.29) is 30.2 Å². The summed E-state index contributed by atoms with van der Waals surface area (Å²) in [5.74, 6) is -0.226. The van der Waals surface area contributed by atoms with Gasteiger partial charge in [0.15, 0.2) is 0 Å². The molecule has 30 heavy (non-hydrogen) atoms. The van der Waals surface area contributed by atoms with Gasteiger partial charge in [0.2, 0.25) is 17.8 Å². The second kappa shape index (κ2) is 9.07.